The van der Waals surface area contributed by atoms with Gasteiger partial charge < -0.3 is 9.84 Å². The molecule has 0 aliphatic heterocycles. The summed E-state index contributed by atoms with van der Waals surface area (Å²) < 4.78 is 6.60. The summed E-state index contributed by atoms with van der Waals surface area (Å²) in [7, 11) is 1.67. The van der Waals surface area contributed by atoms with Crippen LogP contribution in [0.4, 0.5) is 11.5 Å². The van der Waals surface area contributed by atoms with Crippen LogP contribution in [0.2, 0.25) is 0 Å². The van der Waals surface area contributed by atoms with Crippen LogP contribution < -0.4 is 5.32 Å². The third-order valence-corrected chi connectivity index (χ3v) is 3.25. The van der Waals surface area contributed by atoms with Gasteiger partial charge in [-0.15, -0.1) is 0 Å². The van der Waals surface area contributed by atoms with Crippen LogP contribution in [0.5, 0.6) is 0 Å². The molecule has 2 aromatic heterocycles. The van der Waals surface area contributed by atoms with Crippen molar-refractivity contribution in [1.29, 1.82) is 0 Å². The first kappa shape index (κ1) is 14.0. The zero-order valence-corrected chi connectivity index (χ0v) is 12.1. The molecule has 0 radical (unpaired) electrons. The lowest BCUT2D eigenvalue weighted by molar-refractivity contribution is -0.384. The molecule has 2 aromatic rings. The van der Waals surface area contributed by atoms with E-state index in [1.165, 1.54) is 4.68 Å². The summed E-state index contributed by atoms with van der Waals surface area (Å²) in [6, 6.07) is -0.172. The smallest absolute Gasteiger partial charge is 0.333 e. The van der Waals surface area contributed by atoms with Gasteiger partial charge in [-0.05, 0) is 27.7 Å². The fraction of sp³-hybridized carbons (Fsp3) is 0.500. The molecule has 2 heterocycles. The zero-order chi connectivity index (χ0) is 15.0. The molecule has 108 valence electrons. The normalized spacial score (nSPS) is 12.4. The van der Waals surface area contributed by atoms with Gasteiger partial charge in [0.25, 0.3) is 0 Å². The maximum Gasteiger partial charge on any atom is 0.333 e. The lowest BCUT2D eigenvalue weighted by Gasteiger charge is -2.14. The van der Waals surface area contributed by atoms with Gasteiger partial charge >= 0.3 is 5.69 Å². The Morgan fingerprint density at radius 3 is 2.50 bits per heavy atom. The molecule has 8 nitrogen and oxygen atoms in total. The molecule has 0 amide bonds. The minimum atomic E-state index is -0.426. The van der Waals surface area contributed by atoms with E-state index < -0.39 is 4.92 Å². The number of nitro groups is 1. The Labute approximate surface area is 115 Å². The average molecular weight is 279 g/mol. The van der Waals surface area contributed by atoms with Gasteiger partial charge in [0.2, 0.25) is 5.82 Å². The van der Waals surface area contributed by atoms with Crippen LogP contribution in [0, 0.1) is 30.9 Å². The molecule has 0 spiro atoms. The van der Waals surface area contributed by atoms with Gasteiger partial charge in [0.1, 0.15) is 11.5 Å². The Morgan fingerprint density at radius 2 is 2.00 bits per heavy atom. The topological polar surface area (TPSA) is 99.0 Å². The Bertz CT molecular complexity index is 639. The van der Waals surface area contributed by atoms with E-state index in [0.717, 1.165) is 11.3 Å². The molecule has 0 aliphatic rings. The standard InChI is InChI=1S/C12H17N5O3/c1-6(10-7(2)15-20-9(10)4)13-12-11(17(18)19)8(3)14-16(12)5/h6,13H,1-5H3. The average Bonchev–Trinajstić information content (AvgIpc) is 2.80. The van der Waals surface area contributed by atoms with E-state index in [1.54, 1.807) is 14.0 Å². The van der Waals surface area contributed by atoms with E-state index in [2.05, 4.69) is 15.6 Å². The molecule has 0 bridgehead atoms. The van der Waals surface area contributed by atoms with Crippen molar-refractivity contribution in [3.8, 4) is 0 Å². The van der Waals surface area contributed by atoms with Crippen LogP contribution in [0.1, 0.15) is 35.7 Å². The van der Waals surface area contributed by atoms with Gasteiger partial charge in [-0.1, -0.05) is 5.16 Å². The highest BCUT2D eigenvalue weighted by molar-refractivity contribution is 5.60. The van der Waals surface area contributed by atoms with Crippen LogP contribution in [-0.4, -0.2) is 19.9 Å². The number of hydrogen-bond donors (Lipinski definition) is 1. The Kier molecular flexibility index (Phi) is 3.47. The van der Waals surface area contributed by atoms with Gasteiger partial charge in [0.15, 0.2) is 0 Å². The minimum Gasteiger partial charge on any atom is -0.361 e. The van der Waals surface area contributed by atoms with Crippen molar-refractivity contribution in [2.75, 3.05) is 5.32 Å². The van der Waals surface area contributed by atoms with Crippen molar-refractivity contribution in [3.05, 3.63) is 32.8 Å². The second-order valence-electron chi connectivity index (χ2n) is 4.77. The molecule has 0 saturated carbocycles. The number of hydrogen-bond acceptors (Lipinski definition) is 6. The zero-order valence-electron chi connectivity index (χ0n) is 12.1. The van der Waals surface area contributed by atoms with Crippen molar-refractivity contribution in [2.24, 2.45) is 7.05 Å². The summed E-state index contributed by atoms with van der Waals surface area (Å²) in [5.41, 5.74) is 2.04. The molecule has 1 unspecified atom stereocenters. The number of aryl methyl sites for hydroxylation is 4. The maximum absolute atomic E-state index is 11.1. The molecule has 2 rings (SSSR count). The van der Waals surface area contributed by atoms with Crippen LogP contribution >= 0.6 is 0 Å². The monoisotopic (exact) mass is 279 g/mol. The third-order valence-electron chi connectivity index (χ3n) is 3.25. The highest BCUT2D eigenvalue weighted by atomic mass is 16.6. The largest absolute Gasteiger partial charge is 0.361 e. The quantitative estimate of drug-likeness (QED) is 0.681. The van der Waals surface area contributed by atoms with Crippen molar-refractivity contribution in [1.82, 2.24) is 14.9 Å². The summed E-state index contributed by atoms with van der Waals surface area (Å²) in [6.07, 6.45) is 0. The summed E-state index contributed by atoms with van der Waals surface area (Å²) in [5.74, 6) is 1.07. The molecular weight excluding hydrogens is 262 g/mol. The Balaban J connectivity index is 2.38. The molecule has 0 aromatic carbocycles. The second-order valence-corrected chi connectivity index (χ2v) is 4.77. The fourth-order valence-corrected chi connectivity index (χ4v) is 2.41. The molecular formula is C12H17N5O3. The molecule has 20 heavy (non-hydrogen) atoms. The Hall–Kier alpha value is -2.38. The fourth-order valence-electron chi connectivity index (χ4n) is 2.41. The van der Waals surface area contributed by atoms with Crippen molar-refractivity contribution in [2.45, 2.75) is 33.7 Å². The van der Waals surface area contributed by atoms with E-state index >= 15 is 0 Å². The first-order valence-corrected chi connectivity index (χ1v) is 6.20. The SMILES string of the molecule is Cc1noc(C)c1C(C)Nc1c([N+](=O)[O-])c(C)nn1C. The molecule has 8 heteroatoms. The van der Waals surface area contributed by atoms with Gasteiger partial charge in [-0.3, -0.25) is 10.1 Å². The predicted molar refractivity (Wildman–Crippen MR) is 72.6 cm³/mol. The maximum atomic E-state index is 11.1. The number of nitrogens with one attached hydrogen (secondary N) is 1. The highest BCUT2D eigenvalue weighted by Gasteiger charge is 2.26. The van der Waals surface area contributed by atoms with Crippen LogP contribution in [-0.2, 0) is 7.05 Å². The van der Waals surface area contributed by atoms with Crippen LogP contribution in [0.25, 0.3) is 0 Å². The van der Waals surface area contributed by atoms with Crippen molar-refractivity contribution < 1.29 is 9.45 Å². The third kappa shape index (κ3) is 2.24. The van der Waals surface area contributed by atoms with Gasteiger partial charge in [0.05, 0.1) is 16.7 Å². The van der Waals surface area contributed by atoms with Crippen molar-refractivity contribution in [3.63, 3.8) is 0 Å². The lowest BCUT2D eigenvalue weighted by Crippen LogP contribution is -2.12. The van der Waals surface area contributed by atoms with E-state index in [-0.39, 0.29) is 11.7 Å². The molecule has 0 fully saturated rings. The molecule has 1 N–H and O–H groups in total. The number of aromatic nitrogens is 3. The van der Waals surface area contributed by atoms with E-state index in [9.17, 15) is 10.1 Å². The number of rotatable bonds is 4. The molecule has 0 aliphatic carbocycles. The highest BCUT2D eigenvalue weighted by Crippen LogP contribution is 2.32. The second kappa shape index (κ2) is 4.95. The van der Waals surface area contributed by atoms with E-state index in [0.29, 0.717) is 17.3 Å². The summed E-state index contributed by atoms with van der Waals surface area (Å²) >= 11 is 0. The van der Waals surface area contributed by atoms with Crippen LogP contribution in [0.3, 0.4) is 0 Å². The number of anilines is 1. The van der Waals surface area contributed by atoms with Gasteiger partial charge in [-0.25, -0.2) is 4.68 Å². The predicted octanol–water partition coefficient (Wildman–Crippen LogP) is 2.41. The summed E-state index contributed by atoms with van der Waals surface area (Å²) in [4.78, 5) is 10.7. The van der Waals surface area contributed by atoms with Gasteiger partial charge in [0, 0.05) is 12.6 Å². The summed E-state index contributed by atoms with van der Waals surface area (Å²) in [6.45, 7) is 7.17. The van der Waals surface area contributed by atoms with Crippen LogP contribution in [0.15, 0.2) is 4.52 Å². The molecule has 1 atom stereocenters. The minimum absolute atomic E-state index is 0.00823. The number of nitrogens with zero attached hydrogens (tertiary/aromatic N) is 4. The first-order chi connectivity index (χ1) is 9.32. The Morgan fingerprint density at radius 1 is 1.35 bits per heavy atom. The van der Waals surface area contributed by atoms with Crippen molar-refractivity contribution >= 4 is 11.5 Å². The lowest BCUT2D eigenvalue weighted by atomic mass is 10.1. The van der Waals surface area contributed by atoms with E-state index in [1.807, 2.05) is 20.8 Å². The molecule has 0 saturated heterocycles. The van der Waals surface area contributed by atoms with Gasteiger partial charge in [-0.2, -0.15) is 5.10 Å². The summed E-state index contributed by atoms with van der Waals surface area (Å²) in [5, 5.41) is 22.2. The van der Waals surface area contributed by atoms with E-state index in [4.69, 9.17) is 4.52 Å². The first-order valence-electron chi connectivity index (χ1n) is 6.20.